The minimum absolute atomic E-state index is 0.176. The number of benzene rings is 1. The molecule has 15 heavy (non-hydrogen) atoms. The number of hydrogen-bond donors (Lipinski definition) is 0. The first kappa shape index (κ1) is 12.0. The quantitative estimate of drug-likeness (QED) is 0.749. The van der Waals surface area contributed by atoms with Gasteiger partial charge in [0.2, 0.25) is 6.04 Å². The van der Waals surface area contributed by atoms with Gasteiger partial charge in [-0.25, -0.2) is 15.0 Å². The molecular formula is C10H10ClNO2S. The lowest BCUT2D eigenvalue weighted by Gasteiger charge is -2.07. The second kappa shape index (κ2) is 4.21. The smallest absolute Gasteiger partial charge is 0.247 e. The van der Waals surface area contributed by atoms with E-state index >= 15 is 0 Å². The van der Waals surface area contributed by atoms with Gasteiger partial charge < -0.3 is 4.85 Å². The molecule has 80 valence electrons. The van der Waals surface area contributed by atoms with Gasteiger partial charge >= 0.3 is 0 Å². The van der Waals surface area contributed by atoms with E-state index in [1.807, 2.05) is 0 Å². The lowest BCUT2D eigenvalue weighted by Crippen LogP contribution is -2.03. The van der Waals surface area contributed by atoms with Crippen LogP contribution in [-0.4, -0.2) is 14.7 Å². The molecule has 0 aliphatic rings. The van der Waals surface area contributed by atoms with E-state index in [0.717, 1.165) is 6.26 Å². The van der Waals surface area contributed by atoms with Crippen molar-refractivity contribution in [2.45, 2.75) is 17.9 Å². The fraction of sp³-hybridized carbons (Fsp3) is 0.300. The van der Waals surface area contributed by atoms with Crippen LogP contribution in [0.2, 0.25) is 5.02 Å². The highest BCUT2D eigenvalue weighted by molar-refractivity contribution is 7.90. The Morgan fingerprint density at radius 1 is 1.47 bits per heavy atom. The van der Waals surface area contributed by atoms with E-state index in [4.69, 9.17) is 18.2 Å². The normalized spacial score (nSPS) is 13.2. The molecule has 5 heteroatoms. The molecule has 3 nitrogen and oxygen atoms in total. The average molecular weight is 244 g/mol. The molecule has 0 aliphatic heterocycles. The first-order valence-corrected chi connectivity index (χ1v) is 6.49. The number of sulfone groups is 1. The van der Waals surface area contributed by atoms with E-state index in [2.05, 4.69) is 4.85 Å². The Kier molecular flexibility index (Phi) is 3.38. The Morgan fingerprint density at radius 3 is 2.53 bits per heavy atom. The number of nitrogens with zero attached hydrogens (tertiary/aromatic N) is 1. The van der Waals surface area contributed by atoms with Crippen LogP contribution in [0.25, 0.3) is 4.85 Å². The molecule has 0 radical (unpaired) electrons. The zero-order valence-electron chi connectivity index (χ0n) is 8.36. The second-order valence-corrected chi connectivity index (χ2v) is 5.68. The highest BCUT2D eigenvalue weighted by Gasteiger charge is 2.20. The van der Waals surface area contributed by atoms with Crippen LogP contribution >= 0.6 is 11.6 Å². The highest BCUT2D eigenvalue weighted by atomic mass is 35.5. The van der Waals surface area contributed by atoms with Gasteiger partial charge in [0.05, 0.1) is 10.5 Å². The molecule has 0 fully saturated rings. The van der Waals surface area contributed by atoms with E-state index in [1.54, 1.807) is 6.92 Å². The Bertz CT molecular complexity index is 517. The minimum atomic E-state index is -3.31. The third-order valence-corrected chi connectivity index (χ3v) is 3.42. The molecule has 0 aromatic heterocycles. The standard InChI is InChI=1S/C10H10ClNO2S/c1-7(12-2)9-6-8(11)4-5-10(9)15(3,13)14/h4-7H,1,3H3. The molecule has 1 atom stereocenters. The fourth-order valence-electron chi connectivity index (χ4n) is 1.25. The van der Waals surface area contributed by atoms with Crippen molar-refractivity contribution in [2.24, 2.45) is 0 Å². The van der Waals surface area contributed by atoms with Crippen molar-refractivity contribution in [1.82, 2.24) is 0 Å². The van der Waals surface area contributed by atoms with Crippen molar-refractivity contribution < 1.29 is 8.42 Å². The van der Waals surface area contributed by atoms with Gasteiger partial charge in [-0.1, -0.05) is 11.6 Å². The van der Waals surface area contributed by atoms with Crippen LogP contribution in [0.5, 0.6) is 0 Å². The molecule has 0 heterocycles. The number of rotatable bonds is 2. The molecule has 0 bridgehead atoms. The molecular weight excluding hydrogens is 234 g/mol. The van der Waals surface area contributed by atoms with E-state index in [1.165, 1.54) is 18.2 Å². The first-order valence-electron chi connectivity index (χ1n) is 4.22. The number of halogens is 1. The van der Waals surface area contributed by atoms with Gasteiger partial charge in [-0.2, -0.15) is 0 Å². The van der Waals surface area contributed by atoms with Gasteiger partial charge in [0.25, 0.3) is 0 Å². The summed E-state index contributed by atoms with van der Waals surface area (Å²) in [6.45, 7) is 8.55. The fourth-order valence-corrected chi connectivity index (χ4v) is 2.41. The SMILES string of the molecule is [C-]#[N+]C(C)c1cc(Cl)ccc1S(C)(=O)=O. The molecule has 1 rings (SSSR count). The van der Waals surface area contributed by atoms with Crippen LogP contribution in [-0.2, 0) is 9.84 Å². The third-order valence-electron chi connectivity index (χ3n) is 2.02. The summed E-state index contributed by atoms with van der Waals surface area (Å²) in [6.07, 6.45) is 1.12. The maximum absolute atomic E-state index is 11.4. The Balaban J connectivity index is 3.48. The Morgan fingerprint density at radius 2 is 2.07 bits per heavy atom. The zero-order valence-corrected chi connectivity index (χ0v) is 9.93. The van der Waals surface area contributed by atoms with Gasteiger partial charge in [0.15, 0.2) is 9.84 Å². The van der Waals surface area contributed by atoms with Crippen molar-refractivity contribution in [3.63, 3.8) is 0 Å². The maximum atomic E-state index is 11.4. The monoisotopic (exact) mass is 243 g/mol. The van der Waals surface area contributed by atoms with Gasteiger partial charge in [0.1, 0.15) is 0 Å². The van der Waals surface area contributed by atoms with E-state index < -0.39 is 15.9 Å². The van der Waals surface area contributed by atoms with Gasteiger partial charge in [-0.3, -0.25) is 0 Å². The molecule has 0 saturated heterocycles. The predicted molar refractivity (Wildman–Crippen MR) is 59.6 cm³/mol. The molecule has 0 amide bonds. The van der Waals surface area contributed by atoms with Gasteiger partial charge in [-0.15, -0.1) is 0 Å². The van der Waals surface area contributed by atoms with Crippen LogP contribution in [0.15, 0.2) is 23.1 Å². The van der Waals surface area contributed by atoms with Crippen LogP contribution in [0.1, 0.15) is 18.5 Å². The summed E-state index contributed by atoms with van der Waals surface area (Å²) >= 11 is 5.77. The topological polar surface area (TPSA) is 38.5 Å². The average Bonchev–Trinajstić information content (AvgIpc) is 2.14. The van der Waals surface area contributed by atoms with Crippen LogP contribution in [0, 0.1) is 6.57 Å². The lowest BCUT2D eigenvalue weighted by molar-refractivity contribution is 0.600. The van der Waals surface area contributed by atoms with Gasteiger partial charge in [-0.05, 0) is 18.2 Å². The zero-order chi connectivity index (χ0) is 11.6. The largest absolute Gasteiger partial charge is 0.309 e. The van der Waals surface area contributed by atoms with E-state index in [-0.39, 0.29) is 4.90 Å². The summed E-state index contributed by atoms with van der Waals surface area (Å²) in [5, 5.41) is 0.438. The van der Waals surface area contributed by atoms with Crippen molar-refractivity contribution in [2.75, 3.05) is 6.26 Å². The van der Waals surface area contributed by atoms with Crippen LogP contribution in [0.3, 0.4) is 0 Å². The van der Waals surface area contributed by atoms with Gasteiger partial charge in [0, 0.05) is 18.2 Å². The maximum Gasteiger partial charge on any atom is 0.247 e. The molecule has 1 aromatic rings. The summed E-state index contributed by atoms with van der Waals surface area (Å²) in [5.41, 5.74) is 0.458. The summed E-state index contributed by atoms with van der Waals surface area (Å²) in [5.74, 6) is 0. The number of hydrogen-bond acceptors (Lipinski definition) is 2. The molecule has 0 saturated carbocycles. The summed E-state index contributed by atoms with van der Waals surface area (Å²) < 4.78 is 22.9. The second-order valence-electron chi connectivity index (χ2n) is 3.26. The summed E-state index contributed by atoms with van der Waals surface area (Å²) in [4.78, 5) is 3.48. The van der Waals surface area contributed by atoms with E-state index in [0.29, 0.717) is 10.6 Å². The molecule has 0 spiro atoms. The summed E-state index contributed by atoms with van der Waals surface area (Å²) in [7, 11) is -3.31. The third kappa shape index (κ3) is 2.71. The Hall–Kier alpha value is -1.05. The minimum Gasteiger partial charge on any atom is -0.309 e. The molecule has 1 unspecified atom stereocenters. The van der Waals surface area contributed by atoms with E-state index in [9.17, 15) is 8.42 Å². The molecule has 0 aliphatic carbocycles. The van der Waals surface area contributed by atoms with Crippen molar-refractivity contribution in [3.05, 3.63) is 40.2 Å². The summed E-state index contributed by atoms with van der Waals surface area (Å²) in [6, 6.07) is 3.97. The first-order chi connectivity index (χ1) is 6.86. The highest BCUT2D eigenvalue weighted by Crippen LogP contribution is 2.27. The van der Waals surface area contributed by atoms with Crippen molar-refractivity contribution in [1.29, 1.82) is 0 Å². The van der Waals surface area contributed by atoms with Crippen molar-refractivity contribution >= 4 is 21.4 Å². The van der Waals surface area contributed by atoms with Crippen molar-refractivity contribution in [3.8, 4) is 0 Å². The molecule has 0 N–H and O–H groups in total. The predicted octanol–water partition coefficient (Wildman–Crippen LogP) is 2.72. The lowest BCUT2D eigenvalue weighted by atomic mass is 10.1. The van der Waals surface area contributed by atoms with Crippen LogP contribution in [0.4, 0.5) is 0 Å². The molecule has 1 aromatic carbocycles. The van der Waals surface area contributed by atoms with Crippen LogP contribution < -0.4 is 0 Å². The Labute approximate surface area is 94.4 Å².